The van der Waals surface area contributed by atoms with Gasteiger partial charge in [0.1, 0.15) is 0 Å². The van der Waals surface area contributed by atoms with Crippen LogP contribution in [0.25, 0.3) is 0 Å². The highest BCUT2D eigenvalue weighted by atomic mass is 32.2. The number of sulfonamides is 1. The Hall–Kier alpha value is -1.56. The van der Waals surface area contributed by atoms with E-state index in [-0.39, 0.29) is 5.75 Å². The quantitative estimate of drug-likeness (QED) is 0.844. The Labute approximate surface area is 138 Å². The molecule has 0 unspecified atom stereocenters. The summed E-state index contributed by atoms with van der Waals surface area (Å²) in [5.74, 6) is -0.0460. The molecule has 1 heterocycles. The zero-order valence-electron chi connectivity index (χ0n) is 14.0. The van der Waals surface area contributed by atoms with Gasteiger partial charge < -0.3 is 9.31 Å². The Morgan fingerprint density at radius 3 is 2.22 bits per heavy atom. The lowest BCUT2D eigenvalue weighted by Gasteiger charge is -2.32. The number of nitriles is 1. The first-order valence-corrected chi connectivity index (χ1v) is 9.06. The van der Waals surface area contributed by atoms with Crippen molar-refractivity contribution in [3.63, 3.8) is 0 Å². The summed E-state index contributed by atoms with van der Waals surface area (Å²) in [6.45, 7) is 9.28. The number of nitrogens with one attached hydrogen (secondary N) is 1. The predicted octanol–water partition coefficient (Wildman–Crippen LogP) is 1.62. The molecule has 0 aromatic heterocycles. The van der Waals surface area contributed by atoms with Gasteiger partial charge in [0.2, 0.25) is 10.0 Å². The molecule has 23 heavy (non-hydrogen) atoms. The molecule has 1 N–H and O–H groups in total. The van der Waals surface area contributed by atoms with E-state index in [1.807, 2.05) is 33.8 Å². The van der Waals surface area contributed by atoms with Crippen molar-refractivity contribution in [3.8, 4) is 6.07 Å². The second kappa shape index (κ2) is 5.82. The summed E-state index contributed by atoms with van der Waals surface area (Å²) in [6, 6.07) is 6.80. The molecule has 1 saturated heterocycles. The maximum Gasteiger partial charge on any atom is 0.494 e. The molecule has 0 atom stereocenters. The minimum atomic E-state index is -3.42. The topological polar surface area (TPSA) is 88.4 Å². The average molecular weight is 336 g/mol. The Morgan fingerprint density at radius 1 is 1.17 bits per heavy atom. The van der Waals surface area contributed by atoms with Crippen LogP contribution in [0.4, 0.5) is 5.69 Å². The maximum absolute atomic E-state index is 11.8. The molecule has 0 saturated carbocycles. The van der Waals surface area contributed by atoms with Gasteiger partial charge in [-0.25, -0.2) is 8.42 Å². The fraction of sp³-hybridized carbons (Fsp3) is 0.533. The summed E-state index contributed by atoms with van der Waals surface area (Å²) in [4.78, 5) is 0. The first-order valence-electron chi connectivity index (χ1n) is 7.41. The predicted molar refractivity (Wildman–Crippen MR) is 90.0 cm³/mol. The summed E-state index contributed by atoms with van der Waals surface area (Å²) in [6.07, 6.45) is 0. The SMILES string of the molecule is CCS(=O)(=O)Nc1cc(C#N)cc(B2OC(C)(C)C(C)(C)O2)c1. The molecule has 0 amide bonds. The van der Waals surface area contributed by atoms with Gasteiger partial charge in [0.25, 0.3) is 0 Å². The number of hydrogen-bond donors (Lipinski definition) is 1. The van der Waals surface area contributed by atoms with E-state index in [2.05, 4.69) is 4.72 Å². The minimum absolute atomic E-state index is 0.0460. The van der Waals surface area contributed by atoms with Gasteiger partial charge in [-0.2, -0.15) is 5.26 Å². The molecule has 0 radical (unpaired) electrons. The van der Waals surface area contributed by atoms with Gasteiger partial charge in [-0.3, -0.25) is 4.72 Å². The van der Waals surface area contributed by atoms with Crippen LogP contribution in [0.5, 0.6) is 0 Å². The van der Waals surface area contributed by atoms with E-state index in [4.69, 9.17) is 9.31 Å². The van der Waals surface area contributed by atoms with E-state index < -0.39 is 28.3 Å². The van der Waals surface area contributed by atoms with Crippen molar-refractivity contribution in [2.24, 2.45) is 0 Å². The summed E-state index contributed by atoms with van der Waals surface area (Å²) in [7, 11) is -4.08. The third kappa shape index (κ3) is 3.69. The summed E-state index contributed by atoms with van der Waals surface area (Å²) < 4.78 is 37.9. The minimum Gasteiger partial charge on any atom is -0.399 e. The summed E-state index contributed by atoms with van der Waals surface area (Å²) >= 11 is 0. The molecule has 6 nitrogen and oxygen atoms in total. The Morgan fingerprint density at radius 2 is 1.74 bits per heavy atom. The lowest BCUT2D eigenvalue weighted by Crippen LogP contribution is -2.41. The first-order chi connectivity index (χ1) is 10.5. The van der Waals surface area contributed by atoms with Crippen LogP contribution in [0.2, 0.25) is 0 Å². The largest absolute Gasteiger partial charge is 0.494 e. The molecule has 8 heteroatoms. The second-order valence-corrected chi connectivity index (χ2v) is 8.56. The molecule has 1 aliphatic heterocycles. The van der Waals surface area contributed by atoms with Gasteiger partial charge in [-0.1, -0.05) is 0 Å². The van der Waals surface area contributed by atoms with Gasteiger partial charge in [0, 0.05) is 5.69 Å². The fourth-order valence-electron chi connectivity index (χ4n) is 2.14. The number of nitrogens with zero attached hydrogens (tertiary/aromatic N) is 1. The monoisotopic (exact) mass is 336 g/mol. The van der Waals surface area contributed by atoms with Crippen molar-refractivity contribution in [2.45, 2.75) is 45.8 Å². The van der Waals surface area contributed by atoms with Crippen LogP contribution in [0.15, 0.2) is 18.2 Å². The number of hydrogen-bond acceptors (Lipinski definition) is 5. The van der Waals surface area contributed by atoms with Crippen LogP contribution < -0.4 is 10.2 Å². The zero-order valence-corrected chi connectivity index (χ0v) is 14.8. The van der Waals surface area contributed by atoms with Gasteiger partial charge in [-0.05, 0) is 58.3 Å². The van der Waals surface area contributed by atoms with E-state index in [1.54, 1.807) is 19.1 Å². The van der Waals surface area contributed by atoms with Gasteiger partial charge in [0.05, 0.1) is 28.6 Å². The zero-order chi connectivity index (χ0) is 17.5. The highest BCUT2D eigenvalue weighted by Gasteiger charge is 2.51. The smallest absolute Gasteiger partial charge is 0.399 e. The van der Waals surface area contributed by atoms with Crippen LogP contribution in [0, 0.1) is 11.3 Å². The van der Waals surface area contributed by atoms with E-state index in [0.29, 0.717) is 16.7 Å². The number of anilines is 1. The number of rotatable bonds is 4. The van der Waals surface area contributed by atoms with Crippen LogP contribution >= 0.6 is 0 Å². The van der Waals surface area contributed by atoms with Gasteiger partial charge in [0.15, 0.2) is 0 Å². The third-order valence-electron chi connectivity index (χ3n) is 4.26. The van der Waals surface area contributed by atoms with Crippen molar-refractivity contribution < 1.29 is 17.7 Å². The van der Waals surface area contributed by atoms with Crippen LogP contribution in [0.1, 0.15) is 40.2 Å². The molecular formula is C15H21BN2O4S. The van der Waals surface area contributed by atoms with Crippen LogP contribution in [-0.4, -0.2) is 32.5 Å². The van der Waals surface area contributed by atoms with Crippen molar-refractivity contribution >= 4 is 28.3 Å². The Kier molecular flexibility index (Phi) is 4.50. The normalized spacial score (nSPS) is 19.4. The lowest BCUT2D eigenvalue weighted by atomic mass is 9.78. The highest BCUT2D eigenvalue weighted by Crippen LogP contribution is 2.36. The molecule has 1 aliphatic rings. The molecular weight excluding hydrogens is 315 g/mol. The van der Waals surface area contributed by atoms with E-state index >= 15 is 0 Å². The Bertz CT molecular complexity index is 737. The average Bonchev–Trinajstić information content (AvgIpc) is 2.66. The summed E-state index contributed by atoms with van der Waals surface area (Å²) in [5, 5.41) is 9.18. The highest BCUT2D eigenvalue weighted by molar-refractivity contribution is 7.92. The van der Waals surface area contributed by atoms with Gasteiger partial charge in [-0.15, -0.1) is 0 Å². The molecule has 0 spiro atoms. The molecule has 1 aromatic rings. The Balaban J connectivity index is 2.39. The van der Waals surface area contributed by atoms with Crippen molar-refractivity contribution in [1.82, 2.24) is 0 Å². The van der Waals surface area contributed by atoms with Gasteiger partial charge >= 0.3 is 7.12 Å². The fourth-order valence-corrected chi connectivity index (χ4v) is 2.76. The summed E-state index contributed by atoms with van der Waals surface area (Å²) in [5.41, 5.74) is 0.255. The first kappa shape index (κ1) is 17.8. The molecule has 124 valence electrons. The van der Waals surface area contributed by atoms with Crippen LogP contribution in [-0.2, 0) is 19.3 Å². The maximum atomic E-state index is 11.8. The molecule has 0 bridgehead atoms. The molecule has 0 aliphatic carbocycles. The third-order valence-corrected chi connectivity index (χ3v) is 5.57. The second-order valence-electron chi connectivity index (χ2n) is 6.55. The van der Waals surface area contributed by atoms with E-state index in [1.165, 1.54) is 6.07 Å². The molecule has 2 rings (SSSR count). The van der Waals surface area contributed by atoms with E-state index in [0.717, 1.165) is 0 Å². The number of benzene rings is 1. The lowest BCUT2D eigenvalue weighted by molar-refractivity contribution is 0.00578. The van der Waals surface area contributed by atoms with Crippen LogP contribution in [0.3, 0.4) is 0 Å². The molecule has 1 fully saturated rings. The van der Waals surface area contributed by atoms with Crippen molar-refractivity contribution in [3.05, 3.63) is 23.8 Å². The van der Waals surface area contributed by atoms with Crippen molar-refractivity contribution in [1.29, 1.82) is 5.26 Å². The standard InChI is InChI=1S/C15H21BN2O4S/c1-6-23(19,20)18-13-8-11(10-17)7-12(9-13)16-21-14(2,3)15(4,5)22-16/h7-9,18H,6H2,1-5H3. The van der Waals surface area contributed by atoms with E-state index in [9.17, 15) is 13.7 Å². The molecule has 1 aromatic carbocycles. The van der Waals surface area contributed by atoms with Crippen molar-refractivity contribution in [2.75, 3.05) is 10.5 Å².